The van der Waals surface area contributed by atoms with E-state index >= 15 is 0 Å². The zero-order chi connectivity index (χ0) is 14.5. The third kappa shape index (κ3) is 3.81. The lowest BCUT2D eigenvalue weighted by Crippen LogP contribution is -2.32. The summed E-state index contributed by atoms with van der Waals surface area (Å²) in [7, 11) is 4.25. The van der Waals surface area contributed by atoms with Crippen LogP contribution in [-0.4, -0.2) is 31.6 Å². The molecule has 0 spiro atoms. The van der Waals surface area contributed by atoms with Gasteiger partial charge in [0.2, 0.25) is 0 Å². The molecule has 2 rings (SSSR count). The molecule has 2 heteroatoms. The minimum atomic E-state index is 0.373. The van der Waals surface area contributed by atoms with Crippen LogP contribution in [0, 0.1) is 0 Å². The van der Waals surface area contributed by atoms with Crippen LogP contribution in [0.25, 0.3) is 10.8 Å². The molecule has 0 fully saturated rings. The van der Waals surface area contributed by atoms with E-state index in [1.807, 2.05) is 0 Å². The highest BCUT2D eigenvalue weighted by Crippen LogP contribution is 2.24. The third-order valence-corrected chi connectivity index (χ3v) is 3.83. The summed E-state index contributed by atoms with van der Waals surface area (Å²) in [5, 5.41) is 6.39. The molecular weight excluding hydrogens is 244 g/mol. The van der Waals surface area contributed by atoms with E-state index in [0.29, 0.717) is 12.1 Å². The van der Waals surface area contributed by atoms with Crippen molar-refractivity contribution in [1.82, 2.24) is 10.2 Å². The number of fused-ring (bicyclic) bond motifs is 1. The van der Waals surface area contributed by atoms with E-state index in [9.17, 15) is 0 Å². The molecule has 0 aliphatic carbocycles. The van der Waals surface area contributed by atoms with Crippen LogP contribution in [0.1, 0.15) is 31.9 Å². The largest absolute Gasteiger partial charge is 0.309 e. The summed E-state index contributed by atoms with van der Waals surface area (Å²) in [5.41, 5.74) is 1.39. The van der Waals surface area contributed by atoms with Crippen LogP contribution in [0.4, 0.5) is 0 Å². The maximum atomic E-state index is 3.72. The standard InChI is InChI=1S/C18H26N2/c1-14(12-13-20(3)4)19-15(2)17-11-7-9-16-8-5-6-10-18(16)17/h5-11,14-15,19H,12-13H2,1-4H3. The fourth-order valence-corrected chi connectivity index (χ4v) is 2.68. The molecule has 0 saturated carbocycles. The number of hydrogen-bond donors (Lipinski definition) is 1. The normalized spacial score (nSPS) is 14.7. The van der Waals surface area contributed by atoms with Crippen LogP contribution in [-0.2, 0) is 0 Å². The van der Waals surface area contributed by atoms with Gasteiger partial charge in [-0.05, 0) is 57.2 Å². The molecule has 0 saturated heterocycles. The maximum Gasteiger partial charge on any atom is 0.0300 e. The first-order valence-electron chi connectivity index (χ1n) is 7.46. The van der Waals surface area contributed by atoms with E-state index in [0.717, 1.165) is 6.54 Å². The average Bonchev–Trinajstić information content (AvgIpc) is 2.44. The van der Waals surface area contributed by atoms with Gasteiger partial charge in [0.1, 0.15) is 0 Å². The van der Waals surface area contributed by atoms with Crippen molar-refractivity contribution in [3.63, 3.8) is 0 Å². The van der Waals surface area contributed by atoms with E-state index in [2.05, 4.69) is 80.6 Å². The van der Waals surface area contributed by atoms with Crippen molar-refractivity contribution in [3.8, 4) is 0 Å². The SMILES string of the molecule is CC(CCN(C)C)NC(C)c1cccc2ccccc12. The monoisotopic (exact) mass is 270 g/mol. The molecule has 0 aromatic heterocycles. The van der Waals surface area contributed by atoms with Crippen molar-refractivity contribution in [2.24, 2.45) is 0 Å². The molecule has 0 aliphatic rings. The van der Waals surface area contributed by atoms with Crippen molar-refractivity contribution < 1.29 is 0 Å². The van der Waals surface area contributed by atoms with Gasteiger partial charge in [-0.25, -0.2) is 0 Å². The number of nitrogens with one attached hydrogen (secondary N) is 1. The lowest BCUT2D eigenvalue weighted by Gasteiger charge is -2.23. The molecule has 0 amide bonds. The molecular formula is C18H26N2. The van der Waals surface area contributed by atoms with Gasteiger partial charge in [-0.15, -0.1) is 0 Å². The first-order valence-corrected chi connectivity index (χ1v) is 7.46. The van der Waals surface area contributed by atoms with E-state index in [1.165, 1.54) is 22.8 Å². The molecule has 2 nitrogen and oxygen atoms in total. The Labute approximate surface area is 122 Å². The molecule has 0 aliphatic heterocycles. The minimum Gasteiger partial charge on any atom is -0.309 e. The van der Waals surface area contributed by atoms with Crippen LogP contribution in [0.2, 0.25) is 0 Å². The fraction of sp³-hybridized carbons (Fsp3) is 0.444. The molecule has 2 atom stereocenters. The van der Waals surface area contributed by atoms with Crippen LogP contribution < -0.4 is 5.32 Å². The Hall–Kier alpha value is -1.38. The molecule has 20 heavy (non-hydrogen) atoms. The summed E-state index contributed by atoms with van der Waals surface area (Å²) in [6.45, 7) is 5.65. The Morgan fingerprint density at radius 2 is 1.70 bits per heavy atom. The van der Waals surface area contributed by atoms with Crippen LogP contribution >= 0.6 is 0 Å². The van der Waals surface area contributed by atoms with Crippen molar-refractivity contribution >= 4 is 10.8 Å². The summed E-state index contributed by atoms with van der Waals surface area (Å²) in [4.78, 5) is 2.24. The molecule has 2 unspecified atom stereocenters. The average molecular weight is 270 g/mol. The zero-order valence-electron chi connectivity index (χ0n) is 13.1. The van der Waals surface area contributed by atoms with Crippen molar-refractivity contribution in [3.05, 3.63) is 48.0 Å². The van der Waals surface area contributed by atoms with E-state index < -0.39 is 0 Å². The fourth-order valence-electron chi connectivity index (χ4n) is 2.68. The zero-order valence-corrected chi connectivity index (χ0v) is 13.1. The smallest absolute Gasteiger partial charge is 0.0300 e. The summed E-state index contributed by atoms with van der Waals surface area (Å²) >= 11 is 0. The van der Waals surface area contributed by atoms with Gasteiger partial charge in [-0.3, -0.25) is 0 Å². The van der Waals surface area contributed by atoms with Gasteiger partial charge in [0.25, 0.3) is 0 Å². The number of rotatable bonds is 6. The lowest BCUT2D eigenvalue weighted by atomic mass is 9.99. The highest BCUT2D eigenvalue weighted by Gasteiger charge is 2.12. The van der Waals surface area contributed by atoms with Gasteiger partial charge in [0.05, 0.1) is 0 Å². The summed E-state index contributed by atoms with van der Waals surface area (Å²) in [6, 6.07) is 16.1. The highest BCUT2D eigenvalue weighted by atomic mass is 15.1. The van der Waals surface area contributed by atoms with Gasteiger partial charge < -0.3 is 10.2 Å². The van der Waals surface area contributed by atoms with Crippen LogP contribution in [0.5, 0.6) is 0 Å². The number of benzene rings is 2. The van der Waals surface area contributed by atoms with Crippen LogP contribution in [0.3, 0.4) is 0 Å². The summed E-state index contributed by atoms with van der Waals surface area (Å²) < 4.78 is 0. The second kappa shape index (κ2) is 6.87. The molecule has 0 heterocycles. The molecule has 0 bridgehead atoms. The quantitative estimate of drug-likeness (QED) is 0.858. The maximum absolute atomic E-state index is 3.72. The Morgan fingerprint density at radius 1 is 1.00 bits per heavy atom. The first-order chi connectivity index (χ1) is 9.58. The Morgan fingerprint density at radius 3 is 2.45 bits per heavy atom. The van der Waals surface area contributed by atoms with Gasteiger partial charge in [-0.1, -0.05) is 42.5 Å². The van der Waals surface area contributed by atoms with Crippen molar-refractivity contribution in [2.45, 2.75) is 32.4 Å². The van der Waals surface area contributed by atoms with E-state index in [4.69, 9.17) is 0 Å². The summed E-state index contributed by atoms with van der Waals surface area (Å²) in [5.74, 6) is 0. The molecule has 0 radical (unpaired) electrons. The lowest BCUT2D eigenvalue weighted by molar-refractivity contribution is 0.355. The second-order valence-corrected chi connectivity index (χ2v) is 5.95. The van der Waals surface area contributed by atoms with Gasteiger partial charge >= 0.3 is 0 Å². The first kappa shape index (κ1) is 15.0. The van der Waals surface area contributed by atoms with Crippen LogP contribution in [0.15, 0.2) is 42.5 Å². The molecule has 2 aromatic carbocycles. The van der Waals surface area contributed by atoms with Crippen molar-refractivity contribution in [2.75, 3.05) is 20.6 Å². The Balaban J connectivity index is 2.09. The molecule has 2 aromatic rings. The Bertz CT molecular complexity index is 543. The van der Waals surface area contributed by atoms with Gasteiger partial charge in [0, 0.05) is 12.1 Å². The van der Waals surface area contributed by atoms with Gasteiger partial charge in [-0.2, -0.15) is 0 Å². The predicted octanol–water partition coefficient (Wildman–Crippen LogP) is 3.83. The third-order valence-electron chi connectivity index (χ3n) is 3.83. The van der Waals surface area contributed by atoms with E-state index in [-0.39, 0.29) is 0 Å². The van der Waals surface area contributed by atoms with Gasteiger partial charge in [0.15, 0.2) is 0 Å². The highest BCUT2D eigenvalue weighted by molar-refractivity contribution is 5.86. The topological polar surface area (TPSA) is 15.3 Å². The summed E-state index contributed by atoms with van der Waals surface area (Å²) in [6.07, 6.45) is 1.17. The number of hydrogen-bond acceptors (Lipinski definition) is 2. The van der Waals surface area contributed by atoms with Crippen molar-refractivity contribution in [1.29, 1.82) is 0 Å². The minimum absolute atomic E-state index is 0.373. The number of nitrogens with zero attached hydrogens (tertiary/aromatic N) is 1. The second-order valence-electron chi connectivity index (χ2n) is 5.95. The molecule has 108 valence electrons. The predicted molar refractivity (Wildman–Crippen MR) is 88.1 cm³/mol. The molecule has 1 N–H and O–H groups in total. The van der Waals surface area contributed by atoms with E-state index in [1.54, 1.807) is 0 Å². The Kier molecular flexibility index (Phi) is 5.16.